The van der Waals surface area contributed by atoms with E-state index in [0.29, 0.717) is 0 Å². The van der Waals surface area contributed by atoms with Gasteiger partial charge in [0.2, 0.25) is 7.59 Å². The molecular formula is C15H13Cl6N3O2. The largest absolute Gasteiger partial charge is 0.461 e. The Hall–Kier alpha value is -0.400. The number of hydrogen-bond donors (Lipinski definition) is 1. The van der Waals surface area contributed by atoms with Gasteiger partial charge in [0.25, 0.3) is 0 Å². The van der Waals surface area contributed by atoms with Gasteiger partial charge in [0, 0.05) is 6.20 Å². The number of amidine groups is 2. The monoisotopic (exact) mass is 477 g/mol. The van der Waals surface area contributed by atoms with Crippen LogP contribution in [0.4, 0.5) is 0 Å². The van der Waals surface area contributed by atoms with Crippen molar-refractivity contribution in [3.63, 3.8) is 0 Å². The number of hydrogen-bond acceptors (Lipinski definition) is 5. The molecule has 1 heterocycles. The van der Waals surface area contributed by atoms with Crippen LogP contribution in [0.2, 0.25) is 0 Å². The van der Waals surface area contributed by atoms with Crippen LogP contribution in [0.3, 0.4) is 0 Å². The summed E-state index contributed by atoms with van der Waals surface area (Å²) in [6, 6.07) is 9.19. The highest BCUT2D eigenvalue weighted by Gasteiger charge is 2.46. The molecule has 1 aliphatic heterocycles. The van der Waals surface area contributed by atoms with E-state index in [1.165, 1.54) is 4.90 Å². The Morgan fingerprint density at radius 2 is 1.77 bits per heavy atom. The van der Waals surface area contributed by atoms with Gasteiger partial charge < -0.3 is 14.7 Å². The van der Waals surface area contributed by atoms with E-state index in [1.807, 2.05) is 30.3 Å². The molecule has 0 fully saturated rings. The molecule has 0 spiro atoms. The van der Waals surface area contributed by atoms with Crippen molar-refractivity contribution >= 4 is 87.5 Å². The quantitative estimate of drug-likeness (QED) is 0.631. The second kappa shape index (κ2) is 9.20. The molecule has 0 radical (unpaired) electrons. The van der Waals surface area contributed by atoms with Crippen LogP contribution in [-0.2, 0) is 4.74 Å². The summed E-state index contributed by atoms with van der Waals surface area (Å²) < 4.78 is 1.38. The molecule has 0 bridgehead atoms. The van der Waals surface area contributed by atoms with Crippen LogP contribution in [0.15, 0.2) is 46.5 Å². The van der Waals surface area contributed by atoms with E-state index in [2.05, 4.69) is 9.98 Å². The molecule has 142 valence electrons. The van der Waals surface area contributed by atoms with Crippen LogP contribution in [0.25, 0.3) is 6.08 Å². The maximum Gasteiger partial charge on any atom is 0.315 e. The topological polar surface area (TPSA) is 57.4 Å². The highest BCUT2D eigenvalue weighted by atomic mass is 35.6. The van der Waals surface area contributed by atoms with Crippen molar-refractivity contribution in [1.29, 1.82) is 0 Å². The standard InChI is InChI=1S/C15H13Cl6N3O2/c16-14(17,18)11-22-13(26-9-8-25)23-12(15(19,20)21)24(11)7-6-10-4-2-1-3-5-10/h1-7,11,25H,8-9H2. The van der Waals surface area contributed by atoms with Crippen molar-refractivity contribution in [1.82, 2.24) is 4.90 Å². The van der Waals surface area contributed by atoms with Crippen LogP contribution in [0.5, 0.6) is 0 Å². The summed E-state index contributed by atoms with van der Waals surface area (Å²) in [4.78, 5) is 9.58. The average molecular weight is 480 g/mol. The van der Waals surface area contributed by atoms with E-state index in [9.17, 15) is 0 Å². The lowest BCUT2D eigenvalue weighted by molar-refractivity contribution is 0.188. The van der Waals surface area contributed by atoms with Gasteiger partial charge in [0.1, 0.15) is 6.61 Å². The summed E-state index contributed by atoms with van der Waals surface area (Å²) in [5.74, 6) is -0.0612. The van der Waals surface area contributed by atoms with Crippen LogP contribution < -0.4 is 0 Å². The van der Waals surface area contributed by atoms with Gasteiger partial charge in [0.15, 0.2) is 12.0 Å². The van der Waals surface area contributed by atoms with Crippen molar-refractivity contribution in [2.45, 2.75) is 13.8 Å². The summed E-state index contributed by atoms with van der Waals surface area (Å²) in [5, 5.41) is 8.90. The predicted octanol–water partition coefficient (Wildman–Crippen LogP) is 4.80. The molecular weight excluding hydrogens is 467 g/mol. The SMILES string of the molecule is OCCOC1=NC(C(Cl)(Cl)Cl)N(C=Cc2ccccc2)C(C(Cl)(Cl)Cl)=N1. The third-order valence-corrected chi connectivity index (χ3v) is 4.13. The van der Waals surface area contributed by atoms with Gasteiger partial charge in [-0.25, -0.2) is 4.99 Å². The minimum absolute atomic E-state index is 0.0612. The minimum atomic E-state index is -1.95. The van der Waals surface area contributed by atoms with E-state index in [1.54, 1.807) is 12.3 Å². The number of nitrogens with zero attached hydrogens (tertiary/aromatic N) is 3. The zero-order valence-corrected chi connectivity index (χ0v) is 17.5. The fourth-order valence-electron chi connectivity index (χ4n) is 1.99. The van der Waals surface area contributed by atoms with Gasteiger partial charge >= 0.3 is 6.02 Å². The van der Waals surface area contributed by atoms with Crippen LogP contribution in [0.1, 0.15) is 5.56 Å². The number of rotatable bonds is 4. The molecule has 0 saturated carbocycles. The Morgan fingerprint density at radius 1 is 1.12 bits per heavy atom. The molecule has 5 nitrogen and oxygen atoms in total. The first-order chi connectivity index (χ1) is 12.1. The Morgan fingerprint density at radius 3 is 2.31 bits per heavy atom. The van der Waals surface area contributed by atoms with E-state index in [4.69, 9.17) is 79.4 Å². The predicted molar refractivity (Wildman–Crippen MR) is 110 cm³/mol. The number of benzene rings is 1. The third-order valence-electron chi connectivity index (χ3n) is 3.04. The molecule has 1 unspecified atom stereocenters. The van der Waals surface area contributed by atoms with Crippen molar-refractivity contribution in [3.8, 4) is 0 Å². The number of ether oxygens (including phenoxy) is 1. The second-order valence-electron chi connectivity index (χ2n) is 4.97. The molecule has 1 aromatic carbocycles. The van der Waals surface area contributed by atoms with Gasteiger partial charge in [-0.15, -0.1) is 0 Å². The normalized spacial score (nSPS) is 18.7. The molecule has 1 atom stereocenters. The lowest BCUT2D eigenvalue weighted by Crippen LogP contribution is -2.50. The van der Waals surface area contributed by atoms with Crippen LogP contribution in [-0.4, -0.2) is 48.8 Å². The Kier molecular flexibility index (Phi) is 7.74. The van der Waals surface area contributed by atoms with Crippen molar-refractivity contribution in [3.05, 3.63) is 42.1 Å². The van der Waals surface area contributed by atoms with Crippen molar-refractivity contribution in [2.75, 3.05) is 13.2 Å². The molecule has 11 heteroatoms. The van der Waals surface area contributed by atoms with E-state index < -0.39 is 13.8 Å². The molecule has 0 aromatic heterocycles. The zero-order valence-electron chi connectivity index (χ0n) is 13.0. The van der Waals surface area contributed by atoms with E-state index >= 15 is 0 Å². The highest BCUT2D eigenvalue weighted by Crippen LogP contribution is 2.40. The van der Waals surface area contributed by atoms with E-state index in [-0.39, 0.29) is 25.1 Å². The Balaban J connectivity index is 2.44. The van der Waals surface area contributed by atoms with Gasteiger partial charge in [-0.05, 0) is 11.6 Å². The fraction of sp³-hybridized carbons (Fsp3) is 0.333. The first-order valence-electron chi connectivity index (χ1n) is 7.18. The molecule has 1 aliphatic rings. The van der Waals surface area contributed by atoms with Crippen molar-refractivity contribution < 1.29 is 9.84 Å². The summed E-state index contributed by atoms with van der Waals surface area (Å²) in [6.07, 6.45) is 2.17. The molecule has 1 N–H and O–H groups in total. The van der Waals surface area contributed by atoms with Crippen molar-refractivity contribution in [2.24, 2.45) is 9.98 Å². The van der Waals surface area contributed by atoms with Gasteiger partial charge in [-0.1, -0.05) is 99.9 Å². The Bertz CT molecular complexity index is 698. The molecule has 2 rings (SSSR count). The van der Waals surface area contributed by atoms with Crippen LogP contribution in [0, 0.1) is 0 Å². The molecule has 26 heavy (non-hydrogen) atoms. The maximum atomic E-state index is 8.90. The summed E-state index contributed by atoms with van der Waals surface area (Å²) >= 11 is 36.3. The molecule has 1 aromatic rings. The maximum absolute atomic E-state index is 8.90. The number of alkyl halides is 6. The lowest BCUT2D eigenvalue weighted by atomic mass is 10.2. The van der Waals surface area contributed by atoms with Gasteiger partial charge in [-0.3, -0.25) is 0 Å². The van der Waals surface area contributed by atoms with Gasteiger partial charge in [-0.2, -0.15) is 4.99 Å². The first-order valence-corrected chi connectivity index (χ1v) is 9.45. The van der Waals surface area contributed by atoms with Crippen LogP contribution >= 0.6 is 69.6 Å². The fourth-order valence-corrected chi connectivity index (χ4v) is 2.87. The minimum Gasteiger partial charge on any atom is -0.461 e. The number of aliphatic hydroxyl groups excluding tert-OH is 1. The molecule has 0 aliphatic carbocycles. The number of aliphatic imine (C=N–C) groups is 2. The van der Waals surface area contributed by atoms with Gasteiger partial charge in [0.05, 0.1) is 6.61 Å². The highest BCUT2D eigenvalue weighted by molar-refractivity contribution is 6.77. The first kappa shape index (κ1) is 21.9. The smallest absolute Gasteiger partial charge is 0.315 e. The zero-order chi connectivity index (χ0) is 19.4. The number of halogens is 6. The van der Waals surface area contributed by atoms with E-state index in [0.717, 1.165) is 5.56 Å². The Labute approximate surface area is 180 Å². The lowest BCUT2D eigenvalue weighted by Gasteiger charge is -2.37. The summed E-state index contributed by atoms with van der Waals surface area (Å²) in [5.41, 5.74) is 0.866. The summed E-state index contributed by atoms with van der Waals surface area (Å²) in [7, 11) is 0. The molecule has 0 amide bonds. The third kappa shape index (κ3) is 6.06. The average Bonchev–Trinajstić information content (AvgIpc) is 2.57. The molecule has 0 saturated heterocycles. The second-order valence-corrected chi connectivity index (χ2v) is 9.62. The summed E-state index contributed by atoms with van der Waals surface area (Å²) in [6.45, 7) is -0.324. The number of aliphatic hydroxyl groups is 1.